The molecule has 7 rings (SSSR count). The Morgan fingerprint density at radius 1 is 1.00 bits per heavy atom. The number of pyridine rings is 1. The van der Waals surface area contributed by atoms with Gasteiger partial charge in [0.25, 0.3) is 5.91 Å². The molecule has 3 unspecified atom stereocenters. The molecular formula is C35H37N5O4. The van der Waals surface area contributed by atoms with Crippen LogP contribution in [0.5, 0.6) is 11.5 Å². The number of anilines is 1. The van der Waals surface area contributed by atoms with Crippen molar-refractivity contribution in [2.45, 2.75) is 31.0 Å². The number of phenols is 1. The SMILES string of the molecule is COc1ccc(CN2CC3CC(c4ccc(N(C)C)c5ccccc45)N4C(=O)N(CCc5ccncc5)C(=O)C34C2)cc1O. The summed E-state index contributed by atoms with van der Waals surface area (Å²) in [5, 5.41) is 12.6. The monoisotopic (exact) mass is 591 g/mol. The first kappa shape index (κ1) is 28.2. The van der Waals surface area contributed by atoms with E-state index in [0.717, 1.165) is 33.2 Å². The zero-order valence-electron chi connectivity index (χ0n) is 25.3. The number of benzene rings is 3. The third kappa shape index (κ3) is 4.37. The number of nitrogens with zero attached hydrogens (tertiary/aromatic N) is 5. The van der Waals surface area contributed by atoms with Gasteiger partial charge in [-0.3, -0.25) is 19.6 Å². The van der Waals surface area contributed by atoms with Crippen molar-refractivity contribution in [1.82, 2.24) is 19.7 Å². The summed E-state index contributed by atoms with van der Waals surface area (Å²) in [7, 11) is 5.61. The van der Waals surface area contributed by atoms with E-state index in [9.17, 15) is 14.7 Å². The molecule has 0 saturated carbocycles. The van der Waals surface area contributed by atoms with E-state index >= 15 is 0 Å². The Bertz CT molecular complexity index is 1740. The lowest BCUT2D eigenvalue weighted by molar-refractivity contribution is -0.133. The number of methoxy groups -OCH3 is 1. The van der Waals surface area contributed by atoms with E-state index in [1.54, 1.807) is 24.5 Å². The number of hydrogen-bond donors (Lipinski definition) is 1. The van der Waals surface area contributed by atoms with Crippen LogP contribution in [0.1, 0.15) is 29.2 Å². The van der Waals surface area contributed by atoms with Crippen LogP contribution in [0.15, 0.2) is 79.1 Å². The predicted octanol–water partition coefficient (Wildman–Crippen LogP) is 4.84. The third-order valence-corrected chi connectivity index (χ3v) is 9.72. The lowest BCUT2D eigenvalue weighted by atomic mass is 9.87. The summed E-state index contributed by atoms with van der Waals surface area (Å²) in [5.74, 6) is 0.396. The first-order valence-corrected chi connectivity index (χ1v) is 15.1. The summed E-state index contributed by atoms with van der Waals surface area (Å²) in [6, 6.07) is 21.5. The number of rotatable bonds is 8. The molecule has 3 aromatic carbocycles. The molecule has 1 aromatic heterocycles. The predicted molar refractivity (Wildman–Crippen MR) is 169 cm³/mol. The second-order valence-corrected chi connectivity index (χ2v) is 12.4. The van der Waals surface area contributed by atoms with Gasteiger partial charge in [0.05, 0.1) is 13.2 Å². The number of imide groups is 1. The maximum absolute atomic E-state index is 14.5. The first-order chi connectivity index (χ1) is 21.3. The Hall–Kier alpha value is -4.63. The van der Waals surface area contributed by atoms with E-state index in [2.05, 4.69) is 39.0 Å². The zero-order valence-corrected chi connectivity index (χ0v) is 25.3. The van der Waals surface area contributed by atoms with Crippen LogP contribution in [-0.2, 0) is 17.8 Å². The summed E-state index contributed by atoms with van der Waals surface area (Å²) >= 11 is 0. The van der Waals surface area contributed by atoms with Gasteiger partial charge in [-0.05, 0) is 65.3 Å². The fourth-order valence-corrected chi connectivity index (χ4v) is 7.75. The van der Waals surface area contributed by atoms with E-state index in [1.165, 1.54) is 12.0 Å². The van der Waals surface area contributed by atoms with Gasteiger partial charge >= 0.3 is 6.03 Å². The summed E-state index contributed by atoms with van der Waals surface area (Å²) in [6.45, 7) is 2.02. The molecule has 4 heterocycles. The van der Waals surface area contributed by atoms with Crippen molar-refractivity contribution >= 4 is 28.4 Å². The normalized spacial score (nSPS) is 23.0. The van der Waals surface area contributed by atoms with Gasteiger partial charge in [0.1, 0.15) is 5.54 Å². The van der Waals surface area contributed by atoms with Crippen molar-refractivity contribution in [3.8, 4) is 11.5 Å². The number of carbonyl (C=O) groups excluding carboxylic acids is 2. The second-order valence-electron chi connectivity index (χ2n) is 12.4. The molecule has 1 N–H and O–H groups in total. The van der Waals surface area contributed by atoms with Crippen molar-refractivity contribution in [2.75, 3.05) is 45.7 Å². The average Bonchev–Trinajstić information content (AvgIpc) is 3.60. The largest absolute Gasteiger partial charge is 0.504 e. The minimum atomic E-state index is -0.935. The van der Waals surface area contributed by atoms with Gasteiger partial charge in [0, 0.05) is 69.7 Å². The van der Waals surface area contributed by atoms with Gasteiger partial charge in [-0.2, -0.15) is 0 Å². The molecule has 3 saturated heterocycles. The Balaban J connectivity index is 1.25. The highest BCUT2D eigenvalue weighted by Gasteiger charge is 2.70. The van der Waals surface area contributed by atoms with Crippen molar-refractivity contribution < 1.29 is 19.4 Å². The lowest BCUT2D eigenvalue weighted by Gasteiger charge is -2.32. The molecule has 9 nitrogen and oxygen atoms in total. The fraction of sp³-hybridized carbons (Fsp3) is 0.343. The minimum absolute atomic E-state index is 0.0194. The smallest absolute Gasteiger partial charge is 0.328 e. The van der Waals surface area contributed by atoms with Gasteiger partial charge in [0.15, 0.2) is 11.5 Å². The van der Waals surface area contributed by atoms with Crippen LogP contribution in [0.4, 0.5) is 10.5 Å². The van der Waals surface area contributed by atoms with Crippen LogP contribution in [0.3, 0.4) is 0 Å². The molecule has 0 bridgehead atoms. The fourth-order valence-electron chi connectivity index (χ4n) is 7.75. The van der Waals surface area contributed by atoms with Gasteiger partial charge in [-0.25, -0.2) is 4.79 Å². The summed E-state index contributed by atoms with van der Waals surface area (Å²) in [5.41, 5.74) is 3.24. The molecule has 3 fully saturated rings. The number of hydrogen-bond acceptors (Lipinski definition) is 7. The van der Waals surface area contributed by atoms with Gasteiger partial charge in [-0.1, -0.05) is 36.4 Å². The quantitative estimate of drug-likeness (QED) is 0.294. The number of urea groups is 1. The number of amides is 3. The molecule has 0 radical (unpaired) electrons. The second kappa shape index (κ2) is 10.8. The van der Waals surface area contributed by atoms with E-state index < -0.39 is 5.54 Å². The highest BCUT2D eigenvalue weighted by atomic mass is 16.5. The summed E-state index contributed by atoms with van der Waals surface area (Å²) < 4.78 is 5.22. The summed E-state index contributed by atoms with van der Waals surface area (Å²) in [4.78, 5) is 40.7. The molecular weight excluding hydrogens is 554 g/mol. The van der Waals surface area contributed by atoms with Gasteiger partial charge in [0.2, 0.25) is 0 Å². The van der Waals surface area contributed by atoms with Crippen molar-refractivity contribution in [1.29, 1.82) is 0 Å². The Morgan fingerprint density at radius 2 is 1.77 bits per heavy atom. The van der Waals surface area contributed by atoms with Crippen LogP contribution >= 0.6 is 0 Å². The van der Waals surface area contributed by atoms with Crippen LogP contribution in [0, 0.1) is 5.92 Å². The minimum Gasteiger partial charge on any atom is -0.504 e. The van der Waals surface area contributed by atoms with Crippen molar-refractivity contribution in [3.63, 3.8) is 0 Å². The molecule has 44 heavy (non-hydrogen) atoms. The number of likely N-dealkylation sites (tertiary alicyclic amines) is 1. The lowest BCUT2D eigenvalue weighted by Crippen LogP contribution is -2.51. The molecule has 3 aliphatic heterocycles. The number of carbonyl (C=O) groups is 2. The van der Waals surface area contributed by atoms with Gasteiger partial charge < -0.3 is 19.6 Å². The third-order valence-electron chi connectivity index (χ3n) is 9.72. The van der Waals surface area contributed by atoms with Crippen molar-refractivity contribution in [2.24, 2.45) is 5.92 Å². The van der Waals surface area contributed by atoms with E-state index in [1.807, 2.05) is 49.3 Å². The Kier molecular flexibility index (Phi) is 6.93. The standard InChI is InChI=1S/C35H37N5O4/c1-37(2)29-10-9-28(26-6-4-5-7-27(26)29)30-19-25-21-38(20-24-8-11-32(44-3)31(41)18-24)22-35(25)33(42)39(34(43)40(30)35)17-14-23-12-15-36-16-13-23/h4-13,15-16,18,25,30,41H,14,17,19-22H2,1-3H3. The van der Waals surface area contributed by atoms with Gasteiger partial charge in [-0.15, -0.1) is 0 Å². The molecule has 3 atom stereocenters. The maximum atomic E-state index is 14.5. The number of ether oxygens (including phenoxy) is 1. The van der Waals surface area contributed by atoms with Crippen molar-refractivity contribution in [3.05, 3.63) is 95.8 Å². The number of aromatic nitrogens is 1. The first-order valence-electron chi connectivity index (χ1n) is 15.1. The molecule has 0 aliphatic carbocycles. The molecule has 9 heteroatoms. The van der Waals surface area contributed by atoms with E-state index in [0.29, 0.717) is 44.8 Å². The van der Waals surface area contributed by atoms with E-state index in [4.69, 9.17) is 4.74 Å². The number of phenolic OH excluding ortho intramolecular Hbond substituents is 1. The molecule has 3 amide bonds. The average molecular weight is 592 g/mol. The zero-order chi connectivity index (χ0) is 30.6. The number of aromatic hydroxyl groups is 1. The topological polar surface area (TPSA) is 89.5 Å². The van der Waals surface area contributed by atoms with E-state index in [-0.39, 0.29) is 29.6 Å². The van der Waals surface area contributed by atoms with Crippen LogP contribution in [0.2, 0.25) is 0 Å². The highest BCUT2D eigenvalue weighted by molar-refractivity contribution is 6.09. The van der Waals surface area contributed by atoms with Crippen LogP contribution < -0.4 is 9.64 Å². The molecule has 1 spiro atoms. The van der Waals surface area contributed by atoms with Crippen LogP contribution in [0.25, 0.3) is 10.8 Å². The summed E-state index contributed by atoms with van der Waals surface area (Å²) in [6.07, 6.45) is 4.76. The van der Waals surface area contributed by atoms with Crippen LogP contribution in [-0.4, -0.2) is 83.1 Å². The Labute approximate surface area is 257 Å². The maximum Gasteiger partial charge on any atom is 0.328 e. The highest BCUT2D eigenvalue weighted by Crippen LogP contribution is 2.56. The molecule has 3 aliphatic rings. The molecule has 226 valence electrons. The Morgan fingerprint density at radius 3 is 2.50 bits per heavy atom. The molecule has 4 aromatic rings. The number of fused-ring (bicyclic) bond motifs is 1.